The molecular formula is C22H25N5O3S. The van der Waals surface area contributed by atoms with Crippen LogP contribution in [0.3, 0.4) is 0 Å². The van der Waals surface area contributed by atoms with Gasteiger partial charge in [0, 0.05) is 18.8 Å². The highest BCUT2D eigenvalue weighted by Gasteiger charge is 2.44. The molecule has 3 aromatic rings. The first kappa shape index (κ1) is 21.2. The predicted molar refractivity (Wildman–Crippen MR) is 118 cm³/mol. The number of carbonyl (C=O) groups excluding carboxylic acids is 1. The second-order valence-electron chi connectivity index (χ2n) is 7.57. The van der Waals surface area contributed by atoms with Crippen molar-refractivity contribution in [2.75, 3.05) is 24.2 Å². The second kappa shape index (κ2) is 8.60. The van der Waals surface area contributed by atoms with Crippen molar-refractivity contribution in [2.24, 2.45) is 0 Å². The zero-order chi connectivity index (χ0) is 21.9. The van der Waals surface area contributed by atoms with Gasteiger partial charge in [-0.25, -0.2) is 12.7 Å². The molecule has 8 nitrogen and oxygen atoms in total. The molecule has 0 unspecified atom stereocenters. The maximum atomic E-state index is 13.5. The molecule has 1 N–H and O–H groups in total. The van der Waals surface area contributed by atoms with Gasteiger partial charge in [0.1, 0.15) is 0 Å². The first-order chi connectivity index (χ1) is 14.9. The molecule has 1 amide bonds. The standard InChI is InChI=1S/C22H25N5O3S/c1-2-31(29,30)26-16-12-22(13-17-26,18-6-4-3-5-7-18)21(28)25-19-8-10-20(11-9-19)27-23-14-15-24-27/h3-11,14-15H,2,12-13,16-17H2,1H3,(H,25,28). The summed E-state index contributed by atoms with van der Waals surface area (Å²) in [6.45, 7) is 2.29. The van der Waals surface area contributed by atoms with E-state index in [0.717, 1.165) is 11.3 Å². The summed E-state index contributed by atoms with van der Waals surface area (Å²) in [5.41, 5.74) is 1.57. The van der Waals surface area contributed by atoms with Gasteiger partial charge in [-0.3, -0.25) is 4.79 Å². The van der Waals surface area contributed by atoms with Crippen LogP contribution in [0.1, 0.15) is 25.3 Å². The van der Waals surface area contributed by atoms with Gasteiger partial charge in [-0.15, -0.1) is 0 Å². The quantitative estimate of drug-likeness (QED) is 0.637. The lowest BCUT2D eigenvalue weighted by Crippen LogP contribution is -2.51. The van der Waals surface area contributed by atoms with Crippen molar-refractivity contribution in [3.05, 3.63) is 72.6 Å². The van der Waals surface area contributed by atoms with E-state index in [1.165, 1.54) is 9.10 Å². The Morgan fingerprint density at radius 1 is 1.00 bits per heavy atom. The summed E-state index contributed by atoms with van der Waals surface area (Å²) in [6, 6.07) is 16.9. The Morgan fingerprint density at radius 3 is 2.19 bits per heavy atom. The molecule has 0 bridgehead atoms. The zero-order valence-corrected chi connectivity index (χ0v) is 18.1. The van der Waals surface area contributed by atoms with E-state index in [9.17, 15) is 13.2 Å². The van der Waals surface area contributed by atoms with Crippen LogP contribution in [-0.4, -0.2) is 52.5 Å². The van der Waals surface area contributed by atoms with Crippen LogP contribution < -0.4 is 5.32 Å². The van der Waals surface area contributed by atoms with E-state index in [2.05, 4.69) is 15.5 Å². The van der Waals surface area contributed by atoms with Crippen LogP contribution in [0.25, 0.3) is 5.69 Å². The molecule has 2 heterocycles. The van der Waals surface area contributed by atoms with Crippen molar-refractivity contribution in [1.82, 2.24) is 19.3 Å². The third-order valence-electron chi connectivity index (χ3n) is 5.87. The first-order valence-electron chi connectivity index (χ1n) is 10.3. The molecule has 2 aromatic carbocycles. The largest absolute Gasteiger partial charge is 0.325 e. The molecule has 9 heteroatoms. The minimum absolute atomic E-state index is 0.0645. The van der Waals surface area contributed by atoms with E-state index in [1.807, 2.05) is 54.6 Å². The van der Waals surface area contributed by atoms with Crippen LogP contribution in [0.2, 0.25) is 0 Å². The Labute approximate surface area is 181 Å². The highest BCUT2D eigenvalue weighted by atomic mass is 32.2. The summed E-state index contributed by atoms with van der Waals surface area (Å²) in [4.78, 5) is 15.0. The third kappa shape index (κ3) is 4.24. The number of amides is 1. The fraction of sp³-hybridized carbons (Fsp3) is 0.318. The molecule has 31 heavy (non-hydrogen) atoms. The number of sulfonamides is 1. The molecule has 0 radical (unpaired) electrons. The number of hydrogen-bond donors (Lipinski definition) is 1. The smallest absolute Gasteiger partial charge is 0.235 e. The van der Waals surface area contributed by atoms with Crippen molar-refractivity contribution in [2.45, 2.75) is 25.2 Å². The molecule has 1 aliphatic heterocycles. The zero-order valence-electron chi connectivity index (χ0n) is 17.3. The Bertz CT molecular complexity index is 1120. The number of nitrogens with zero attached hydrogens (tertiary/aromatic N) is 4. The van der Waals surface area contributed by atoms with Gasteiger partial charge in [-0.2, -0.15) is 15.0 Å². The van der Waals surface area contributed by atoms with E-state index in [1.54, 1.807) is 19.3 Å². The van der Waals surface area contributed by atoms with Crippen LogP contribution in [0.15, 0.2) is 67.0 Å². The number of benzene rings is 2. The molecule has 0 saturated carbocycles. The predicted octanol–water partition coefficient (Wildman–Crippen LogP) is 2.59. The Morgan fingerprint density at radius 2 is 1.61 bits per heavy atom. The van der Waals surface area contributed by atoms with Gasteiger partial charge in [-0.1, -0.05) is 30.3 Å². The molecule has 1 fully saturated rings. The Hall–Kier alpha value is -3.04. The number of aromatic nitrogens is 3. The summed E-state index contributed by atoms with van der Waals surface area (Å²) in [7, 11) is -3.28. The molecular weight excluding hydrogens is 414 g/mol. The van der Waals surface area contributed by atoms with Crippen LogP contribution in [0.4, 0.5) is 5.69 Å². The van der Waals surface area contributed by atoms with Gasteiger partial charge in [-0.05, 0) is 49.6 Å². The molecule has 1 aromatic heterocycles. The molecule has 0 aliphatic carbocycles. The summed E-state index contributed by atoms with van der Waals surface area (Å²) >= 11 is 0. The Kier molecular flexibility index (Phi) is 5.88. The maximum absolute atomic E-state index is 13.5. The molecule has 0 atom stereocenters. The normalized spacial score (nSPS) is 16.7. The van der Waals surface area contributed by atoms with Crippen LogP contribution >= 0.6 is 0 Å². The SMILES string of the molecule is CCS(=O)(=O)N1CCC(C(=O)Nc2ccc(-n3nccn3)cc2)(c2ccccc2)CC1. The van der Waals surface area contributed by atoms with Crippen molar-refractivity contribution in [3.63, 3.8) is 0 Å². The van der Waals surface area contributed by atoms with Crippen LogP contribution in [0.5, 0.6) is 0 Å². The van der Waals surface area contributed by atoms with Crippen molar-refractivity contribution < 1.29 is 13.2 Å². The molecule has 0 spiro atoms. The molecule has 1 aliphatic rings. The average molecular weight is 440 g/mol. The third-order valence-corrected chi connectivity index (χ3v) is 7.75. The fourth-order valence-electron chi connectivity index (χ4n) is 4.01. The number of anilines is 1. The molecule has 4 rings (SSSR count). The number of rotatable bonds is 6. The lowest BCUT2D eigenvalue weighted by Gasteiger charge is -2.40. The van der Waals surface area contributed by atoms with Crippen molar-refractivity contribution >= 4 is 21.6 Å². The highest BCUT2D eigenvalue weighted by molar-refractivity contribution is 7.89. The van der Waals surface area contributed by atoms with E-state index < -0.39 is 15.4 Å². The minimum Gasteiger partial charge on any atom is -0.325 e. The summed E-state index contributed by atoms with van der Waals surface area (Å²) < 4.78 is 26.1. The lowest BCUT2D eigenvalue weighted by atomic mass is 9.72. The maximum Gasteiger partial charge on any atom is 0.235 e. The van der Waals surface area contributed by atoms with E-state index in [-0.39, 0.29) is 11.7 Å². The van der Waals surface area contributed by atoms with Crippen molar-refractivity contribution in [1.29, 1.82) is 0 Å². The average Bonchev–Trinajstić information content (AvgIpc) is 3.35. The molecule has 162 valence electrons. The highest BCUT2D eigenvalue weighted by Crippen LogP contribution is 2.37. The van der Waals surface area contributed by atoms with Gasteiger partial charge in [0.25, 0.3) is 0 Å². The summed E-state index contributed by atoms with van der Waals surface area (Å²) in [5, 5.41) is 11.2. The van der Waals surface area contributed by atoms with Crippen LogP contribution in [0, 0.1) is 0 Å². The van der Waals surface area contributed by atoms with Gasteiger partial charge in [0.15, 0.2) is 0 Å². The van der Waals surface area contributed by atoms with Gasteiger partial charge in [0.2, 0.25) is 15.9 Å². The number of hydrogen-bond acceptors (Lipinski definition) is 5. The van der Waals surface area contributed by atoms with Gasteiger partial charge >= 0.3 is 0 Å². The number of carbonyl (C=O) groups is 1. The monoisotopic (exact) mass is 439 g/mol. The topological polar surface area (TPSA) is 97.2 Å². The van der Waals surface area contributed by atoms with E-state index >= 15 is 0 Å². The lowest BCUT2D eigenvalue weighted by molar-refractivity contribution is -0.123. The second-order valence-corrected chi connectivity index (χ2v) is 9.82. The van der Waals surface area contributed by atoms with Crippen LogP contribution in [-0.2, 0) is 20.2 Å². The minimum atomic E-state index is -3.28. The number of piperidine rings is 1. The Balaban J connectivity index is 1.57. The number of nitrogens with one attached hydrogen (secondary N) is 1. The van der Waals surface area contributed by atoms with Crippen molar-refractivity contribution in [3.8, 4) is 5.69 Å². The first-order valence-corrected chi connectivity index (χ1v) is 11.9. The van der Waals surface area contributed by atoms with Gasteiger partial charge < -0.3 is 5.32 Å². The fourth-order valence-corrected chi connectivity index (χ4v) is 5.11. The van der Waals surface area contributed by atoms with Gasteiger partial charge in [0.05, 0.1) is 29.2 Å². The molecule has 1 saturated heterocycles. The summed E-state index contributed by atoms with van der Waals surface area (Å²) in [6.07, 6.45) is 4.06. The van der Waals surface area contributed by atoms with E-state index in [4.69, 9.17) is 0 Å². The summed E-state index contributed by atoms with van der Waals surface area (Å²) in [5.74, 6) is -0.0631. The van der Waals surface area contributed by atoms with E-state index in [0.29, 0.717) is 31.6 Å².